The lowest BCUT2D eigenvalue weighted by atomic mass is 9.82. The standard InChI is InChI=1S/C12H16O3.C11H14S.C2H4O2/c1-2-3-4-9-15-11-7-5-10(6-8-11)12(13)14;1-11(2)7-8-12-10-6-4-3-5-9(10)11;1-2(3)4/h5-8H,2-4,9H2,1H3,(H,13,14);3-6H,7-8H2,1-2H3;1H3,(H,3,4). The minimum Gasteiger partial charge on any atom is -0.494 e. The van der Waals surface area contributed by atoms with Crippen LogP contribution >= 0.6 is 11.8 Å². The predicted octanol–water partition coefficient (Wildman–Crippen LogP) is 6.50. The first-order valence-corrected chi connectivity index (χ1v) is 11.5. The van der Waals surface area contributed by atoms with Crippen molar-refractivity contribution in [3.63, 3.8) is 0 Å². The van der Waals surface area contributed by atoms with Crippen molar-refractivity contribution in [3.8, 4) is 5.75 Å². The van der Waals surface area contributed by atoms with Gasteiger partial charge in [0.2, 0.25) is 0 Å². The maximum Gasteiger partial charge on any atom is 0.335 e. The van der Waals surface area contributed by atoms with Crippen molar-refractivity contribution in [1.82, 2.24) is 0 Å². The summed E-state index contributed by atoms with van der Waals surface area (Å²) in [6.07, 6.45) is 4.67. The van der Waals surface area contributed by atoms with Gasteiger partial charge < -0.3 is 14.9 Å². The molecule has 3 rings (SSSR count). The van der Waals surface area contributed by atoms with Crippen LogP contribution in [-0.2, 0) is 10.2 Å². The molecule has 2 aromatic rings. The van der Waals surface area contributed by atoms with Crippen molar-refractivity contribution in [1.29, 1.82) is 0 Å². The number of carboxylic acid groups (broad SMARTS) is 2. The quantitative estimate of drug-likeness (QED) is 0.492. The van der Waals surface area contributed by atoms with Crippen LogP contribution in [-0.4, -0.2) is 34.5 Å². The molecule has 0 aromatic heterocycles. The zero-order chi connectivity index (χ0) is 23.3. The van der Waals surface area contributed by atoms with E-state index in [0.717, 1.165) is 25.5 Å². The highest BCUT2D eigenvalue weighted by molar-refractivity contribution is 7.99. The molecule has 170 valence electrons. The van der Waals surface area contributed by atoms with Gasteiger partial charge in [-0.2, -0.15) is 0 Å². The highest BCUT2D eigenvalue weighted by Crippen LogP contribution is 2.40. The molecule has 1 aliphatic rings. The Morgan fingerprint density at radius 1 is 1.03 bits per heavy atom. The highest BCUT2D eigenvalue weighted by Gasteiger charge is 2.26. The smallest absolute Gasteiger partial charge is 0.335 e. The average Bonchev–Trinajstić information content (AvgIpc) is 2.72. The van der Waals surface area contributed by atoms with E-state index >= 15 is 0 Å². The summed E-state index contributed by atoms with van der Waals surface area (Å²) in [6, 6.07) is 15.3. The maximum absolute atomic E-state index is 10.6. The molecule has 31 heavy (non-hydrogen) atoms. The van der Waals surface area contributed by atoms with Gasteiger partial charge in [-0.1, -0.05) is 51.8 Å². The number of thioether (sulfide) groups is 1. The largest absolute Gasteiger partial charge is 0.494 e. The molecule has 0 radical (unpaired) electrons. The van der Waals surface area contributed by atoms with Gasteiger partial charge in [0.15, 0.2) is 0 Å². The van der Waals surface area contributed by atoms with Gasteiger partial charge in [0.05, 0.1) is 12.2 Å². The molecule has 0 aliphatic carbocycles. The highest BCUT2D eigenvalue weighted by atomic mass is 32.2. The molecule has 1 heterocycles. The van der Waals surface area contributed by atoms with Gasteiger partial charge in [-0.25, -0.2) is 4.79 Å². The summed E-state index contributed by atoms with van der Waals surface area (Å²) in [5, 5.41) is 16.1. The Morgan fingerprint density at radius 2 is 1.65 bits per heavy atom. The SMILES string of the molecule is CC(=O)O.CC1(C)CCSc2ccccc21.CCCCCOc1ccc(C(=O)O)cc1. The third-order valence-electron chi connectivity index (χ3n) is 4.72. The molecule has 0 unspecified atom stereocenters. The summed E-state index contributed by atoms with van der Waals surface area (Å²) < 4.78 is 5.45. The van der Waals surface area contributed by atoms with Crippen molar-refractivity contribution >= 4 is 23.7 Å². The first-order valence-electron chi connectivity index (χ1n) is 10.6. The average molecular weight is 447 g/mol. The summed E-state index contributed by atoms with van der Waals surface area (Å²) in [5.74, 6) is 0.257. The molecule has 0 amide bonds. The van der Waals surface area contributed by atoms with Crippen LogP contribution in [0.15, 0.2) is 53.4 Å². The fraction of sp³-hybridized carbons (Fsp3) is 0.440. The van der Waals surface area contributed by atoms with Gasteiger partial charge in [0.25, 0.3) is 5.97 Å². The number of hydrogen-bond acceptors (Lipinski definition) is 4. The first-order chi connectivity index (χ1) is 14.7. The monoisotopic (exact) mass is 446 g/mol. The maximum atomic E-state index is 10.6. The van der Waals surface area contributed by atoms with Gasteiger partial charge in [-0.3, -0.25) is 4.79 Å². The molecular weight excluding hydrogens is 412 g/mol. The van der Waals surface area contributed by atoms with Crippen molar-refractivity contribution in [3.05, 3.63) is 59.7 Å². The number of aliphatic carboxylic acids is 1. The summed E-state index contributed by atoms with van der Waals surface area (Å²) in [7, 11) is 0. The molecule has 6 heteroatoms. The van der Waals surface area contributed by atoms with Gasteiger partial charge >= 0.3 is 5.97 Å². The van der Waals surface area contributed by atoms with Crippen LogP contribution in [0.4, 0.5) is 0 Å². The van der Waals surface area contributed by atoms with E-state index < -0.39 is 11.9 Å². The molecule has 0 saturated heterocycles. The minimum absolute atomic E-state index is 0.288. The van der Waals surface area contributed by atoms with Crippen LogP contribution in [0, 0.1) is 0 Å². The number of unbranched alkanes of at least 4 members (excludes halogenated alkanes) is 2. The van der Waals surface area contributed by atoms with E-state index in [1.54, 1.807) is 24.3 Å². The summed E-state index contributed by atoms with van der Waals surface area (Å²) in [6.45, 7) is 8.60. The van der Waals surface area contributed by atoms with Crippen LogP contribution in [0.5, 0.6) is 5.75 Å². The summed E-state index contributed by atoms with van der Waals surface area (Å²) in [4.78, 5) is 21.1. The lowest BCUT2D eigenvalue weighted by molar-refractivity contribution is -0.134. The molecule has 2 aromatic carbocycles. The van der Waals surface area contributed by atoms with E-state index in [1.807, 2.05) is 11.8 Å². The van der Waals surface area contributed by atoms with Crippen molar-refractivity contribution in [2.24, 2.45) is 0 Å². The fourth-order valence-electron chi connectivity index (χ4n) is 2.94. The second kappa shape index (κ2) is 13.8. The Bertz CT molecular complexity index is 811. The van der Waals surface area contributed by atoms with Crippen LogP contribution in [0.2, 0.25) is 0 Å². The molecule has 1 aliphatic heterocycles. The van der Waals surface area contributed by atoms with Crippen molar-refractivity contribution in [2.75, 3.05) is 12.4 Å². The van der Waals surface area contributed by atoms with Crippen LogP contribution in [0.3, 0.4) is 0 Å². The third-order valence-corrected chi connectivity index (χ3v) is 5.79. The second-order valence-corrected chi connectivity index (χ2v) is 9.02. The molecular formula is C25H34O5S. The van der Waals surface area contributed by atoms with Crippen LogP contribution in [0.25, 0.3) is 0 Å². The fourth-order valence-corrected chi connectivity index (χ4v) is 4.45. The van der Waals surface area contributed by atoms with Crippen molar-refractivity contribution < 1.29 is 24.5 Å². The van der Waals surface area contributed by atoms with E-state index in [9.17, 15) is 4.79 Å². The van der Waals surface area contributed by atoms with E-state index in [0.29, 0.717) is 12.0 Å². The number of benzene rings is 2. The topological polar surface area (TPSA) is 83.8 Å². The molecule has 0 bridgehead atoms. The number of ether oxygens (including phenoxy) is 1. The summed E-state index contributed by atoms with van der Waals surface area (Å²) in [5.41, 5.74) is 2.21. The number of fused-ring (bicyclic) bond motifs is 1. The second-order valence-electron chi connectivity index (χ2n) is 7.88. The molecule has 0 saturated carbocycles. The van der Waals surface area contributed by atoms with Gasteiger partial charge in [-0.05, 0) is 59.9 Å². The van der Waals surface area contributed by atoms with Gasteiger partial charge in [0, 0.05) is 11.8 Å². The number of aromatic carboxylic acids is 1. The van der Waals surface area contributed by atoms with Crippen molar-refractivity contribution in [2.45, 2.75) is 63.7 Å². The van der Waals surface area contributed by atoms with E-state index in [4.69, 9.17) is 19.7 Å². The number of carbonyl (C=O) groups is 2. The minimum atomic E-state index is -0.910. The predicted molar refractivity (Wildman–Crippen MR) is 127 cm³/mol. The lowest BCUT2D eigenvalue weighted by Gasteiger charge is -2.31. The van der Waals surface area contributed by atoms with Gasteiger partial charge in [0.1, 0.15) is 5.75 Å². The normalized spacial score (nSPS) is 13.4. The molecule has 0 atom stereocenters. The zero-order valence-corrected chi connectivity index (χ0v) is 19.7. The zero-order valence-electron chi connectivity index (χ0n) is 18.9. The third kappa shape index (κ3) is 10.4. The molecule has 5 nitrogen and oxygen atoms in total. The Kier molecular flexibility index (Phi) is 11.8. The molecule has 2 N–H and O–H groups in total. The van der Waals surface area contributed by atoms with Crippen LogP contribution in [0.1, 0.15) is 69.3 Å². The summed E-state index contributed by atoms with van der Waals surface area (Å²) >= 11 is 1.99. The Labute approximate surface area is 189 Å². The van der Waals surface area contributed by atoms with Gasteiger partial charge in [-0.15, -0.1) is 11.8 Å². The first kappa shape index (κ1) is 26.6. The Morgan fingerprint density at radius 3 is 2.19 bits per heavy atom. The lowest BCUT2D eigenvalue weighted by Crippen LogP contribution is -2.22. The number of hydrogen-bond donors (Lipinski definition) is 2. The number of carboxylic acids is 2. The number of rotatable bonds is 6. The molecule has 0 spiro atoms. The molecule has 0 fully saturated rings. The van der Waals surface area contributed by atoms with E-state index in [2.05, 4.69) is 45.0 Å². The Hall–Kier alpha value is -2.47. The Balaban J connectivity index is 0.000000269. The van der Waals surface area contributed by atoms with E-state index in [1.165, 1.54) is 29.1 Å². The van der Waals surface area contributed by atoms with E-state index in [-0.39, 0.29) is 5.56 Å². The van der Waals surface area contributed by atoms with Crippen LogP contribution < -0.4 is 4.74 Å².